The van der Waals surface area contributed by atoms with Gasteiger partial charge >= 0.3 is 0 Å². The van der Waals surface area contributed by atoms with Crippen molar-refractivity contribution in [2.45, 2.75) is 6.92 Å². The quantitative estimate of drug-likeness (QED) is 0.386. The normalized spacial score (nSPS) is 3.80. The van der Waals surface area contributed by atoms with Crippen LogP contribution in [0.3, 0.4) is 0 Å². The minimum absolute atomic E-state index is 0.500. The molecule has 0 saturated heterocycles. The first-order valence-corrected chi connectivity index (χ1v) is 1.36. The fourth-order valence-electron chi connectivity index (χ4n) is 0. The average molecular weight is 76.1 g/mol. The molecule has 0 aromatic rings. The van der Waals surface area contributed by atoms with Gasteiger partial charge in [0, 0.05) is 0 Å². The highest BCUT2D eigenvalue weighted by atomic mass is 19.1. The molecule has 0 N–H and O–H groups in total. The summed E-state index contributed by atoms with van der Waals surface area (Å²) < 4.78 is 9.50. The number of alkyl halides is 1. The summed E-state index contributed by atoms with van der Waals surface area (Å²) >= 11 is 0. The predicted molar refractivity (Wildman–Crippen MR) is 22.9 cm³/mol. The maximum Gasteiger partial charge on any atom is 0.0785 e. The van der Waals surface area contributed by atoms with E-state index in [2.05, 4.69) is 6.58 Å². The second-order valence-electron chi connectivity index (χ2n) is 0.408. The molecule has 5 heavy (non-hydrogen) atoms. The first-order chi connectivity index (χ1) is 2.41. The van der Waals surface area contributed by atoms with E-state index in [4.69, 9.17) is 0 Å². The highest BCUT2D eigenvalue weighted by Gasteiger charge is 1.15. The molecule has 0 aromatic carbocycles. The van der Waals surface area contributed by atoms with Gasteiger partial charge in [-0.3, -0.25) is 4.39 Å². The second kappa shape index (κ2) is 58.3. The summed E-state index contributed by atoms with van der Waals surface area (Å²) in [7, 11) is 0.500. The van der Waals surface area contributed by atoms with Crippen LogP contribution in [0.5, 0.6) is 0 Å². The number of rotatable bonds is 0. The van der Waals surface area contributed by atoms with E-state index in [0.717, 1.165) is 0 Å². The van der Waals surface area contributed by atoms with E-state index in [-0.39, 0.29) is 0 Å². The van der Waals surface area contributed by atoms with Crippen LogP contribution in [0, 0.1) is 0 Å². The zero-order valence-electron chi connectivity index (χ0n) is 3.66. The Labute approximate surface area is 32.3 Å². The molecule has 0 aliphatic rings. The van der Waals surface area contributed by atoms with E-state index in [1.54, 1.807) is 6.08 Å². The van der Waals surface area contributed by atoms with Crippen molar-refractivity contribution in [3.63, 3.8) is 0 Å². The summed E-state index contributed by atoms with van der Waals surface area (Å²) in [6.45, 7) is 5.25. The van der Waals surface area contributed by atoms with Crippen LogP contribution in [-0.2, 0) is 0 Å². The summed E-state index contributed by atoms with van der Waals surface area (Å²) in [4.78, 5) is 0. The number of hydrogen-bond acceptors (Lipinski definition) is 0. The Kier molecular flexibility index (Phi) is 103. The Balaban J connectivity index is 0. The molecule has 0 rings (SSSR count). The standard InChI is InChI=1S/C3H6.CH3F/c1-3-2;1-2/h3H,1H2,2H3;1H3. The zero-order chi connectivity index (χ0) is 4.71. The summed E-state index contributed by atoms with van der Waals surface area (Å²) in [5.41, 5.74) is 0. The van der Waals surface area contributed by atoms with Crippen LogP contribution >= 0.6 is 0 Å². The van der Waals surface area contributed by atoms with Crippen LogP contribution in [-0.4, -0.2) is 7.18 Å². The van der Waals surface area contributed by atoms with Crippen molar-refractivity contribution in [2.24, 2.45) is 0 Å². The van der Waals surface area contributed by atoms with Gasteiger partial charge in [-0.2, -0.15) is 0 Å². The van der Waals surface area contributed by atoms with Crippen LogP contribution < -0.4 is 0 Å². The monoisotopic (exact) mass is 76.1 g/mol. The fraction of sp³-hybridized carbons (Fsp3) is 0.500. The van der Waals surface area contributed by atoms with Crippen molar-refractivity contribution in [1.29, 1.82) is 0 Å². The third-order valence-corrected chi connectivity index (χ3v) is 0. The van der Waals surface area contributed by atoms with Crippen molar-refractivity contribution in [1.82, 2.24) is 0 Å². The van der Waals surface area contributed by atoms with Gasteiger partial charge in [-0.1, -0.05) is 6.08 Å². The van der Waals surface area contributed by atoms with Gasteiger partial charge < -0.3 is 0 Å². The summed E-state index contributed by atoms with van der Waals surface area (Å²) in [6, 6.07) is 0. The Morgan fingerprint density at radius 1 is 1.60 bits per heavy atom. The van der Waals surface area contributed by atoms with Gasteiger partial charge in [-0.15, -0.1) is 6.58 Å². The summed E-state index contributed by atoms with van der Waals surface area (Å²) in [6.07, 6.45) is 1.75. The maximum atomic E-state index is 9.50. The SMILES string of the molecule is C=CC.CF. The predicted octanol–water partition coefficient (Wildman–Crippen LogP) is 1.78. The van der Waals surface area contributed by atoms with Crippen LogP contribution in [0.25, 0.3) is 0 Å². The van der Waals surface area contributed by atoms with Gasteiger partial charge in [0.1, 0.15) is 0 Å². The van der Waals surface area contributed by atoms with Crippen LogP contribution in [0.15, 0.2) is 12.7 Å². The highest BCUT2D eigenvalue weighted by Crippen LogP contribution is 1.38. The van der Waals surface area contributed by atoms with Gasteiger partial charge in [-0.25, -0.2) is 0 Å². The molecule has 0 fully saturated rings. The molecule has 0 bridgehead atoms. The number of hydrogen-bond donors (Lipinski definition) is 0. The number of halogens is 1. The van der Waals surface area contributed by atoms with Gasteiger partial charge in [0.05, 0.1) is 7.18 Å². The molecule has 0 spiro atoms. The number of allylic oxidation sites excluding steroid dienone is 1. The second-order valence-corrected chi connectivity index (χ2v) is 0.408. The zero-order valence-corrected chi connectivity index (χ0v) is 3.66. The van der Waals surface area contributed by atoms with Gasteiger partial charge in [0.2, 0.25) is 0 Å². The molecule has 0 nitrogen and oxygen atoms in total. The van der Waals surface area contributed by atoms with Crippen molar-refractivity contribution >= 4 is 0 Å². The van der Waals surface area contributed by atoms with E-state index in [1.165, 1.54) is 0 Å². The smallest absolute Gasteiger partial charge is 0.0785 e. The first kappa shape index (κ1) is 8.82. The molecule has 0 unspecified atom stereocenters. The molecule has 0 saturated carbocycles. The minimum Gasteiger partial charge on any atom is -0.255 e. The molecule has 0 aromatic heterocycles. The third kappa shape index (κ3) is 94.0. The van der Waals surface area contributed by atoms with E-state index in [1.807, 2.05) is 6.92 Å². The van der Waals surface area contributed by atoms with Crippen LogP contribution in [0.4, 0.5) is 4.39 Å². The topological polar surface area (TPSA) is 0 Å². The maximum absolute atomic E-state index is 9.50. The van der Waals surface area contributed by atoms with E-state index in [9.17, 15) is 4.39 Å². The van der Waals surface area contributed by atoms with Gasteiger partial charge in [0.15, 0.2) is 0 Å². The Morgan fingerprint density at radius 2 is 1.60 bits per heavy atom. The van der Waals surface area contributed by atoms with Crippen molar-refractivity contribution in [3.8, 4) is 0 Å². The third-order valence-electron chi connectivity index (χ3n) is 0. The van der Waals surface area contributed by atoms with E-state index in [0.29, 0.717) is 7.18 Å². The average Bonchev–Trinajstić information content (AvgIpc) is 1.46. The lowest BCUT2D eigenvalue weighted by Gasteiger charge is -1.31. The molecule has 0 atom stereocenters. The van der Waals surface area contributed by atoms with Crippen LogP contribution in [0.2, 0.25) is 0 Å². The van der Waals surface area contributed by atoms with Gasteiger partial charge in [0.25, 0.3) is 0 Å². The summed E-state index contributed by atoms with van der Waals surface area (Å²) in [5, 5.41) is 0. The lowest BCUT2D eigenvalue weighted by atomic mass is 10.8. The lowest BCUT2D eigenvalue weighted by Crippen LogP contribution is -1.07. The van der Waals surface area contributed by atoms with Crippen molar-refractivity contribution in [2.75, 3.05) is 7.18 Å². The first-order valence-electron chi connectivity index (χ1n) is 1.36. The lowest BCUT2D eigenvalue weighted by molar-refractivity contribution is 0.636. The molecular formula is C4H9F. The summed E-state index contributed by atoms with van der Waals surface area (Å²) in [5.74, 6) is 0. The highest BCUT2D eigenvalue weighted by molar-refractivity contribution is 4.51. The Morgan fingerprint density at radius 3 is 1.60 bits per heavy atom. The van der Waals surface area contributed by atoms with Crippen molar-refractivity contribution < 1.29 is 4.39 Å². The van der Waals surface area contributed by atoms with E-state index < -0.39 is 0 Å². The Bertz CT molecular complexity index is 11.1. The molecule has 0 heterocycles. The molecule has 0 aliphatic carbocycles. The molecule has 0 aliphatic heterocycles. The molecule has 32 valence electrons. The molecule has 1 heteroatoms. The van der Waals surface area contributed by atoms with Crippen LogP contribution in [0.1, 0.15) is 6.92 Å². The molecular weight excluding hydrogens is 67.0 g/mol. The molecule has 0 amide bonds. The largest absolute Gasteiger partial charge is 0.255 e. The molecule has 0 radical (unpaired) electrons. The fourth-order valence-corrected chi connectivity index (χ4v) is 0. The van der Waals surface area contributed by atoms with Crippen molar-refractivity contribution in [3.05, 3.63) is 12.7 Å². The minimum atomic E-state index is 0.500. The van der Waals surface area contributed by atoms with E-state index >= 15 is 0 Å². The van der Waals surface area contributed by atoms with Gasteiger partial charge in [-0.05, 0) is 6.92 Å². The Hall–Kier alpha value is -0.330.